The molecule has 0 aliphatic carbocycles. The Kier molecular flexibility index (Phi) is 57.3. The van der Waals surface area contributed by atoms with E-state index in [1.165, 1.54) is 148 Å². The van der Waals surface area contributed by atoms with Gasteiger partial charge in [0.25, 0.3) is 0 Å². The molecule has 0 aromatic rings. The molecular formula is C66H114O6. The highest BCUT2D eigenvalue weighted by Gasteiger charge is 2.19. The molecule has 414 valence electrons. The maximum atomic E-state index is 12.8. The van der Waals surface area contributed by atoms with Crippen molar-refractivity contribution in [2.45, 2.75) is 303 Å². The summed E-state index contributed by atoms with van der Waals surface area (Å²) in [6, 6.07) is 0. The Morgan fingerprint density at radius 3 is 0.861 bits per heavy atom. The minimum atomic E-state index is -0.775. The van der Waals surface area contributed by atoms with E-state index in [4.69, 9.17) is 14.2 Å². The average molecular weight is 1000 g/mol. The number of carbonyl (C=O) groups excluding carboxylic acids is 3. The van der Waals surface area contributed by atoms with Gasteiger partial charge in [0.1, 0.15) is 13.2 Å². The van der Waals surface area contributed by atoms with Gasteiger partial charge in [-0.05, 0) is 96.3 Å². The van der Waals surface area contributed by atoms with Crippen LogP contribution in [0.2, 0.25) is 0 Å². The van der Waals surface area contributed by atoms with Gasteiger partial charge >= 0.3 is 17.9 Å². The van der Waals surface area contributed by atoms with Crippen LogP contribution in [0.3, 0.4) is 0 Å². The van der Waals surface area contributed by atoms with E-state index < -0.39 is 6.10 Å². The first kappa shape index (κ1) is 68.6. The van der Waals surface area contributed by atoms with Crippen molar-refractivity contribution >= 4 is 17.9 Å². The van der Waals surface area contributed by atoms with E-state index in [1.54, 1.807) is 0 Å². The van der Waals surface area contributed by atoms with Crippen LogP contribution in [0, 0.1) is 0 Å². The molecule has 0 bridgehead atoms. The van der Waals surface area contributed by atoms with Gasteiger partial charge in [-0.3, -0.25) is 14.4 Å². The molecule has 6 heteroatoms. The third-order valence-electron chi connectivity index (χ3n) is 13.1. The van der Waals surface area contributed by atoms with Crippen LogP contribution < -0.4 is 0 Å². The molecule has 0 aromatic carbocycles. The topological polar surface area (TPSA) is 78.9 Å². The van der Waals surface area contributed by atoms with E-state index in [2.05, 4.69) is 106 Å². The fourth-order valence-electron chi connectivity index (χ4n) is 8.56. The second kappa shape index (κ2) is 60.1. The molecule has 0 aromatic heterocycles. The van der Waals surface area contributed by atoms with E-state index in [0.29, 0.717) is 19.3 Å². The highest BCUT2D eigenvalue weighted by Crippen LogP contribution is 2.16. The monoisotopic (exact) mass is 1000 g/mol. The van der Waals surface area contributed by atoms with E-state index >= 15 is 0 Å². The maximum absolute atomic E-state index is 12.8. The molecule has 1 unspecified atom stereocenters. The highest BCUT2D eigenvalue weighted by molar-refractivity contribution is 5.71. The Hall–Kier alpha value is -3.41. The Bertz CT molecular complexity index is 1380. The molecule has 0 saturated heterocycles. The van der Waals surface area contributed by atoms with Crippen molar-refractivity contribution < 1.29 is 28.6 Å². The minimum Gasteiger partial charge on any atom is -0.462 e. The van der Waals surface area contributed by atoms with Crippen LogP contribution in [0.25, 0.3) is 0 Å². The quantitative estimate of drug-likeness (QED) is 0.0261. The largest absolute Gasteiger partial charge is 0.462 e. The average Bonchev–Trinajstić information content (AvgIpc) is 3.38. The summed E-state index contributed by atoms with van der Waals surface area (Å²) < 4.78 is 16.8. The predicted octanol–water partition coefficient (Wildman–Crippen LogP) is 20.7. The summed E-state index contributed by atoms with van der Waals surface area (Å²) in [5.41, 5.74) is 0. The molecule has 1 atom stereocenters. The van der Waals surface area contributed by atoms with Gasteiger partial charge in [0.2, 0.25) is 0 Å². The molecule has 0 saturated carbocycles. The van der Waals surface area contributed by atoms with E-state index in [0.717, 1.165) is 109 Å². The second-order valence-corrected chi connectivity index (χ2v) is 20.2. The van der Waals surface area contributed by atoms with Gasteiger partial charge < -0.3 is 14.2 Å². The number of ether oxygens (including phenoxy) is 3. The summed E-state index contributed by atoms with van der Waals surface area (Å²) >= 11 is 0. The summed E-state index contributed by atoms with van der Waals surface area (Å²) in [5, 5.41) is 0. The van der Waals surface area contributed by atoms with Gasteiger partial charge in [0.05, 0.1) is 0 Å². The lowest BCUT2D eigenvalue weighted by Gasteiger charge is -2.18. The van der Waals surface area contributed by atoms with Crippen molar-refractivity contribution in [3.8, 4) is 0 Å². The predicted molar refractivity (Wildman–Crippen MR) is 311 cm³/mol. The number of allylic oxidation sites excluding steroid dienone is 14. The van der Waals surface area contributed by atoms with Crippen LogP contribution in [0.15, 0.2) is 85.1 Å². The van der Waals surface area contributed by atoms with Crippen LogP contribution >= 0.6 is 0 Å². The van der Waals surface area contributed by atoms with Gasteiger partial charge in [0.15, 0.2) is 6.10 Å². The first-order valence-electron chi connectivity index (χ1n) is 30.6. The molecule has 0 amide bonds. The lowest BCUT2D eigenvalue weighted by molar-refractivity contribution is -0.167. The lowest BCUT2D eigenvalue weighted by atomic mass is 10.0. The zero-order chi connectivity index (χ0) is 52.2. The zero-order valence-corrected chi connectivity index (χ0v) is 47.4. The normalized spacial score (nSPS) is 12.7. The van der Waals surface area contributed by atoms with Crippen molar-refractivity contribution in [1.29, 1.82) is 0 Å². The first-order chi connectivity index (χ1) is 35.5. The number of rotatable bonds is 55. The Balaban J connectivity index is 4.03. The first-order valence-corrected chi connectivity index (χ1v) is 30.6. The fraction of sp³-hybridized carbons (Fsp3) is 0.742. The van der Waals surface area contributed by atoms with Gasteiger partial charge in [0, 0.05) is 19.3 Å². The molecule has 72 heavy (non-hydrogen) atoms. The van der Waals surface area contributed by atoms with Crippen molar-refractivity contribution in [3.63, 3.8) is 0 Å². The summed E-state index contributed by atoms with van der Waals surface area (Å²) in [7, 11) is 0. The molecular weight excluding hydrogens is 889 g/mol. The summed E-state index contributed by atoms with van der Waals surface area (Å²) in [6.45, 7) is 6.48. The van der Waals surface area contributed by atoms with Crippen LogP contribution in [0.4, 0.5) is 0 Å². The van der Waals surface area contributed by atoms with E-state index in [9.17, 15) is 14.4 Å². The number of carbonyl (C=O) groups is 3. The summed E-state index contributed by atoms with van der Waals surface area (Å²) in [4.78, 5) is 37.9. The van der Waals surface area contributed by atoms with Crippen molar-refractivity contribution in [2.24, 2.45) is 0 Å². The standard InChI is InChI=1S/C66H114O6/c1-4-7-10-13-16-18-20-22-24-25-26-27-28-29-30-31-32-33-34-35-36-37-38-39-40-41-42-44-45-47-50-53-56-59-65(68)71-62-63(61-70-64(67)58-55-52-49-15-12-9-6-3)72-66(69)60-57-54-51-48-46-43-23-21-19-17-14-11-8-5-2/h7,10,16,18,21-24,26-27,29-30,32-33,63H,4-6,8-9,11-15,17,19-20,25,28,31,34-62H2,1-3H3/b10-7-,18-16-,23-21-,24-22-,27-26-,30-29-,33-32-. The molecule has 0 aliphatic heterocycles. The van der Waals surface area contributed by atoms with Crippen molar-refractivity contribution in [2.75, 3.05) is 13.2 Å². The highest BCUT2D eigenvalue weighted by atomic mass is 16.6. The number of unbranched alkanes of at least 4 members (excludes halogenated alkanes) is 30. The van der Waals surface area contributed by atoms with E-state index in [1.807, 2.05) is 0 Å². The van der Waals surface area contributed by atoms with Gasteiger partial charge in [-0.15, -0.1) is 0 Å². The fourth-order valence-corrected chi connectivity index (χ4v) is 8.56. The SMILES string of the molecule is CC/C=C\C/C=C\C/C=C\C/C=C\C/C=C\C/C=C\CCCCCCCCCCCCCCCCC(=O)OCC(COC(=O)CCCCCCCCC)OC(=O)CCCCCCC/C=C\CCCCCCC. The van der Waals surface area contributed by atoms with Crippen molar-refractivity contribution in [1.82, 2.24) is 0 Å². The van der Waals surface area contributed by atoms with Crippen LogP contribution in [0.5, 0.6) is 0 Å². The van der Waals surface area contributed by atoms with E-state index in [-0.39, 0.29) is 31.1 Å². The number of hydrogen-bond acceptors (Lipinski definition) is 6. The molecule has 0 radical (unpaired) electrons. The number of hydrogen-bond donors (Lipinski definition) is 0. The zero-order valence-electron chi connectivity index (χ0n) is 47.4. The van der Waals surface area contributed by atoms with Gasteiger partial charge in [-0.2, -0.15) is 0 Å². The molecule has 6 nitrogen and oxygen atoms in total. The molecule has 0 aliphatic rings. The van der Waals surface area contributed by atoms with Crippen molar-refractivity contribution in [3.05, 3.63) is 85.1 Å². The molecule has 0 spiro atoms. The Morgan fingerprint density at radius 2 is 0.542 bits per heavy atom. The summed E-state index contributed by atoms with van der Waals surface area (Å²) in [5.74, 6) is -0.885. The minimum absolute atomic E-state index is 0.0765. The Morgan fingerprint density at radius 1 is 0.292 bits per heavy atom. The van der Waals surface area contributed by atoms with Gasteiger partial charge in [-0.1, -0.05) is 266 Å². The molecule has 0 rings (SSSR count). The summed E-state index contributed by atoms with van der Waals surface area (Å²) in [6.07, 6.45) is 79.0. The maximum Gasteiger partial charge on any atom is 0.306 e. The molecule has 0 fully saturated rings. The Labute approximate surface area is 445 Å². The van der Waals surface area contributed by atoms with Gasteiger partial charge in [-0.25, -0.2) is 0 Å². The smallest absolute Gasteiger partial charge is 0.306 e. The number of esters is 3. The third kappa shape index (κ3) is 57.5. The van der Waals surface area contributed by atoms with Crippen LogP contribution in [-0.2, 0) is 28.6 Å². The third-order valence-corrected chi connectivity index (χ3v) is 13.1. The lowest BCUT2D eigenvalue weighted by Crippen LogP contribution is -2.30. The second-order valence-electron chi connectivity index (χ2n) is 20.2. The molecule has 0 heterocycles. The van der Waals surface area contributed by atoms with Crippen LogP contribution in [0.1, 0.15) is 297 Å². The molecule has 0 N–H and O–H groups in total. The van der Waals surface area contributed by atoms with Crippen LogP contribution in [-0.4, -0.2) is 37.2 Å².